The molecule has 0 aliphatic heterocycles. The van der Waals surface area contributed by atoms with Gasteiger partial charge in [0.15, 0.2) is 5.16 Å². The summed E-state index contributed by atoms with van der Waals surface area (Å²) in [4.78, 5) is 41.1. The molecule has 0 saturated heterocycles. The minimum Gasteiger partial charge on any atom is -0.325 e. The Hall–Kier alpha value is -3.98. The minimum absolute atomic E-state index is 0.00555. The zero-order valence-corrected chi connectivity index (χ0v) is 20.0. The number of benzene rings is 3. The van der Waals surface area contributed by atoms with Crippen LogP contribution < -0.4 is 10.9 Å². The predicted octanol–water partition coefficient (Wildman–Crippen LogP) is 4.98. The Balaban J connectivity index is 1.52. The van der Waals surface area contributed by atoms with Gasteiger partial charge >= 0.3 is 0 Å². The summed E-state index contributed by atoms with van der Waals surface area (Å²) < 4.78 is 1.63. The largest absolute Gasteiger partial charge is 0.325 e. The fourth-order valence-electron chi connectivity index (χ4n) is 3.72. The van der Waals surface area contributed by atoms with Gasteiger partial charge in [0.1, 0.15) is 0 Å². The van der Waals surface area contributed by atoms with Gasteiger partial charge in [0.25, 0.3) is 11.2 Å². The topological polar surface area (TPSA) is 107 Å². The van der Waals surface area contributed by atoms with Crippen molar-refractivity contribution in [2.24, 2.45) is 0 Å². The highest BCUT2D eigenvalue weighted by atomic mass is 32.2. The van der Waals surface area contributed by atoms with E-state index in [1.165, 1.54) is 29.5 Å². The van der Waals surface area contributed by atoms with Crippen molar-refractivity contribution in [3.8, 4) is 0 Å². The van der Waals surface area contributed by atoms with Crippen molar-refractivity contribution < 1.29 is 9.72 Å². The first-order chi connectivity index (χ1) is 16.9. The number of anilines is 1. The number of aromatic nitrogens is 2. The standard InChI is InChI=1S/C26H24N4O4S/c1-18-13-14-20(30(33)34)16-23(18)27-24(31)17-35-26-28-22-12-6-5-11-21(22)25(32)29(26)15-7-10-19-8-3-2-4-9-19/h2-6,8-9,11-14,16H,7,10,15,17H2,1H3,(H,27,31). The summed E-state index contributed by atoms with van der Waals surface area (Å²) in [6, 6.07) is 21.5. The average molecular weight is 489 g/mol. The van der Waals surface area contributed by atoms with E-state index in [1.807, 2.05) is 24.3 Å². The number of carbonyl (C=O) groups excluding carboxylic acids is 1. The van der Waals surface area contributed by atoms with Crippen LogP contribution in [0.5, 0.6) is 0 Å². The summed E-state index contributed by atoms with van der Waals surface area (Å²) in [5, 5.41) is 14.8. The number of hydrogen-bond acceptors (Lipinski definition) is 6. The van der Waals surface area contributed by atoms with E-state index in [1.54, 1.807) is 35.8 Å². The number of nitrogens with one attached hydrogen (secondary N) is 1. The molecule has 0 unspecified atom stereocenters. The quantitative estimate of drug-likeness (QED) is 0.154. The van der Waals surface area contributed by atoms with E-state index in [0.717, 1.165) is 18.4 Å². The second kappa shape index (κ2) is 11.0. The summed E-state index contributed by atoms with van der Waals surface area (Å²) in [6.45, 7) is 2.24. The summed E-state index contributed by atoms with van der Waals surface area (Å²) in [7, 11) is 0. The molecule has 178 valence electrons. The van der Waals surface area contributed by atoms with Crippen molar-refractivity contribution in [2.45, 2.75) is 31.5 Å². The van der Waals surface area contributed by atoms with Crippen LogP contribution in [0.1, 0.15) is 17.5 Å². The third kappa shape index (κ3) is 5.93. The van der Waals surface area contributed by atoms with Crippen molar-refractivity contribution in [3.63, 3.8) is 0 Å². The highest BCUT2D eigenvalue weighted by Gasteiger charge is 2.15. The van der Waals surface area contributed by atoms with Crippen molar-refractivity contribution in [2.75, 3.05) is 11.1 Å². The molecule has 35 heavy (non-hydrogen) atoms. The van der Waals surface area contributed by atoms with Gasteiger partial charge in [-0.25, -0.2) is 4.98 Å². The van der Waals surface area contributed by atoms with Crippen molar-refractivity contribution in [1.82, 2.24) is 9.55 Å². The first kappa shape index (κ1) is 24.2. The van der Waals surface area contributed by atoms with Crippen LogP contribution in [-0.2, 0) is 17.8 Å². The fourth-order valence-corrected chi connectivity index (χ4v) is 4.54. The lowest BCUT2D eigenvalue weighted by atomic mass is 10.1. The van der Waals surface area contributed by atoms with Crippen molar-refractivity contribution in [3.05, 3.63) is 104 Å². The van der Waals surface area contributed by atoms with Crippen LogP contribution in [0.15, 0.2) is 82.7 Å². The van der Waals surface area contributed by atoms with Crippen LogP contribution in [0.3, 0.4) is 0 Å². The smallest absolute Gasteiger partial charge is 0.271 e. The number of nitrogens with zero attached hydrogens (tertiary/aromatic N) is 3. The maximum absolute atomic E-state index is 13.2. The molecule has 4 rings (SSSR count). The molecule has 0 spiro atoms. The molecule has 0 aliphatic carbocycles. The average Bonchev–Trinajstić information content (AvgIpc) is 2.86. The van der Waals surface area contributed by atoms with Gasteiger partial charge < -0.3 is 5.32 Å². The molecule has 1 heterocycles. The highest BCUT2D eigenvalue weighted by molar-refractivity contribution is 7.99. The first-order valence-electron chi connectivity index (χ1n) is 11.1. The Morgan fingerprint density at radius 3 is 2.60 bits per heavy atom. The molecular weight excluding hydrogens is 464 g/mol. The number of nitro groups is 1. The molecule has 0 radical (unpaired) electrons. The number of non-ortho nitro benzene ring substituents is 1. The Labute approximate surface area is 206 Å². The molecule has 0 saturated carbocycles. The Kier molecular flexibility index (Phi) is 7.57. The van der Waals surface area contributed by atoms with Gasteiger partial charge in [-0.15, -0.1) is 0 Å². The molecule has 9 heteroatoms. The first-order valence-corrected chi connectivity index (χ1v) is 12.1. The molecular formula is C26H24N4O4S. The summed E-state index contributed by atoms with van der Waals surface area (Å²) >= 11 is 1.17. The van der Waals surface area contributed by atoms with Gasteiger partial charge in [-0.1, -0.05) is 60.3 Å². The highest BCUT2D eigenvalue weighted by Crippen LogP contribution is 2.23. The van der Waals surface area contributed by atoms with Crippen LogP contribution >= 0.6 is 11.8 Å². The number of para-hydroxylation sites is 1. The fraction of sp³-hybridized carbons (Fsp3) is 0.192. The molecule has 1 N–H and O–H groups in total. The Bertz CT molecular complexity index is 1440. The zero-order chi connectivity index (χ0) is 24.8. The van der Waals surface area contributed by atoms with Crippen LogP contribution in [0.4, 0.5) is 11.4 Å². The molecule has 0 aliphatic rings. The van der Waals surface area contributed by atoms with Gasteiger partial charge in [-0.2, -0.15) is 0 Å². The molecule has 3 aromatic carbocycles. The van der Waals surface area contributed by atoms with Gasteiger partial charge in [0.2, 0.25) is 5.91 Å². The summed E-state index contributed by atoms with van der Waals surface area (Å²) in [5.74, 6) is -0.331. The SMILES string of the molecule is Cc1ccc([N+](=O)[O-])cc1NC(=O)CSc1nc2ccccc2c(=O)n1CCCc1ccccc1. The second-order valence-electron chi connectivity index (χ2n) is 8.05. The van der Waals surface area contributed by atoms with E-state index in [2.05, 4.69) is 22.4 Å². The maximum Gasteiger partial charge on any atom is 0.271 e. The van der Waals surface area contributed by atoms with E-state index in [4.69, 9.17) is 0 Å². The van der Waals surface area contributed by atoms with E-state index < -0.39 is 4.92 Å². The molecule has 1 aromatic heterocycles. The third-order valence-electron chi connectivity index (χ3n) is 5.56. The summed E-state index contributed by atoms with van der Waals surface area (Å²) in [5.41, 5.74) is 2.64. The molecule has 4 aromatic rings. The number of thioether (sulfide) groups is 1. The van der Waals surface area contributed by atoms with Gasteiger partial charge in [-0.05, 0) is 43.0 Å². The van der Waals surface area contributed by atoms with Crippen LogP contribution in [0, 0.1) is 17.0 Å². The predicted molar refractivity (Wildman–Crippen MR) is 138 cm³/mol. The molecule has 1 amide bonds. The molecule has 0 atom stereocenters. The van der Waals surface area contributed by atoms with E-state index in [-0.39, 0.29) is 22.9 Å². The second-order valence-corrected chi connectivity index (χ2v) is 8.99. The van der Waals surface area contributed by atoms with E-state index in [0.29, 0.717) is 28.3 Å². The number of amides is 1. The Morgan fingerprint density at radius 2 is 1.83 bits per heavy atom. The van der Waals surface area contributed by atoms with Crippen LogP contribution in [0.2, 0.25) is 0 Å². The lowest BCUT2D eigenvalue weighted by molar-refractivity contribution is -0.384. The maximum atomic E-state index is 13.2. The number of aryl methyl sites for hydroxylation is 2. The van der Waals surface area contributed by atoms with Crippen molar-refractivity contribution in [1.29, 1.82) is 0 Å². The normalized spacial score (nSPS) is 10.9. The lowest BCUT2D eigenvalue weighted by Crippen LogP contribution is -2.24. The zero-order valence-electron chi connectivity index (χ0n) is 19.1. The van der Waals surface area contributed by atoms with Gasteiger partial charge in [0.05, 0.1) is 27.3 Å². The van der Waals surface area contributed by atoms with Crippen LogP contribution in [-0.4, -0.2) is 26.1 Å². The molecule has 8 nitrogen and oxygen atoms in total. The van der Waals surface area contributed by atoms with E-state index >= 15 is 0 Å². The van der Waals surface area contributed by atoms with Crippen LogP contribution in [0.25, 0.3) is 10.9 Å². The monoisotopic (exact) mass is 488 g/mol. The van der Waals surface area contributed by atoms with Gasteiger partial charge in [-0.3, -0.25) is 24.3 Å². The minimum atomic E-state index is -0.503. The molecule has 0 bridgehead atoms. The van der Waals surface area contributed by atoms with Crippen molar-refractivity contribution >= 4 is 39.9 Å². The number of hydrogen-bond donors (Lipinski definition) is 1. The summed E-state index contributed by atoms with van der Waals surface area (Å²) in [6.07, 6.45) is 1.56. The number of rotatable bonds is 9. The number of carbonyl (C=O) groups is 1. The number of nitro benzene ring substituents is 1. The number of fused-ring (bicyclic) bond motifs is 1. The third-order valence-corrected chi connectivity index (χ3v) is 6.53. The van der Waals surface area contributed by atoms with E-state index in [9.17, 15) is 19.7 Å². The molecule has 0 fully saturated rings. The van der Waals surface area contributed by atoms with Gasteiger partial charge in [0, 0.05) is 18.7 Å². The lowest BCUT2D eigenvalue weighted by Gasteiger charge is -2.13. The Morgan fingerprint density at radius 1 is 1.09 bits per heavy atom.